The molecule has 0 N–H and O–H groups in total. The molecule has 3 aromatic rings. The van der Waals surface area contributed by atoms with Gasteiger partial charge in [0, 0.05) is 30.3 Å². The van der Waals surface area contributed by atoms with Crippen molar-refractivity contribution in [1.29, 1.82) is 0 Å². The maximum atomic E-state index is 13.3. The van der Waals surface area contributed by atoms with Gasteiger partial charge in [0.05, 0.1) is 10.4 Å². The molecule has 1 atom stereocenters. The number of benzene rings is 2. The Morgan fingerprint density at radius 1 is 1.03 bits per heavy atom. The maximum absolute atomic E-state index is 13.3. The topological polar surface area (TPSA) is 42.1 Å². The van der Waals surface area contributed by atoms with Gasteiger partial charge in [-0.1, -0.05) is 37.6 Å². The van der Waals surface area contributed by atoms with Gasteiger partial charge >= 0.3 is 0 Å². The van der Waals surface area contributed by atoms with Crippen molar-refractivity contribution >= 4 is 27.1 Å². The van der Waals surface area contributed by atoms with E-state index >= 15 is 0 Å². The van der Waals surface area contributed by atoms with E-state index < -0.39 is 10.0 Å². The summed E-state index contributed by atoms with van der Waals surface area (Å²) in [6, 6.07) is 13.2. The molecule has 1 unspecified atom stereocenters. The summed E-state index contributed by atoms with van der Waals surface area (Å²) in [5.74, 6) is 0.508. The Morgan fingerprint density at radius 3 is 2.38 bits per heavy atom. The zero-order valence-corrected chi connectivity index (χ0v) is 20.8. The van der Waals surface area contributed by atoms with Gasteiger partial charge in [0.1, 0.15) is 19.3 Å². The van der Waals surface area contributed by atoms with Crippen LogP contribution in [0, 0.1) is 12.8 Å². The van der Waals surface area contributed by atoms with E-state index in [1.54, 1.807) is 18.3 Å². The fourth-order valence-corrected chi connectivity index (χ4v) is 6.12. The molecule has 0 radical (unpaired) electrons. The van der Waals surface area contributed by atoms with E-state index in [0.29, 0.717) is 10.8 Å². The van der Waals surface area contributed by atoms with Crippen LogP contribution in [0.4, 0.5) is 0 Å². The average Bonchev–Trinajstić information content (AvgIpc) is 3.20. The standard InChI is InChI=1S/C26H33N2O2S.ClH/c1-4-15-27(16-5-2)19-21-8-9-22-10-13-26-24(25(22)18-21)14-17-28(26)31(29,30)23-11-6-20(3)7-12-23;/h6-7,10-14,17,19,21H,4-5,8-9,15-16,18H2,1-3H3;1H/q+1;/p-1. The number of nitrogens with zero attached hydrogens (tertiary/aromatic N) is 2. The van der Waals surface area contributed by atoms with E-state index in [1.807, 2.05) is 31.2 Å². The van der Waals surface area contributed by atoms with E-state index in [1.165, 1.54) is 15.1 Å². The molecule has 0 fully saturated rings. The largest absolute Gasteiger partial charge is 1.00 e. The Morgan fingerprint density at radius 2 is 1.72 bits per heavy atom. The summed E-state index contributed by atoms with van der Waals surface area (Å²) in [6.07, 6.45) is 9.65. The quantitative estimate of drug-likeness (QED) is 0.391. The lowest BCUT2D eigenvalue weighted by Gasteiger charge is -2.22. The molecule has 0 aliphatic heterocycles. The SMILES string of the molecule is CCC[N+](=CC1CCc2ccc3c(ccn3S(=O)(=O)c3ccc(C)cc3)c2C1)CCC.[Cl-]. The van der Waals surface area contributed by atoms with Gasteiger partial charge in [0.25, 0.3) is 10.0 Å². The first-order chi connectivity index (χ1) is 14.9. The molecule has 0 amide bonds. The highest BCUT2D eigenvalue weighted by atomic mass is 35.5. The minimum atomic E-state index is -3.61. The molecule has 0 saturated carbocycles. The van der Waals surface area contributed by atoms with Gasteiger partial charge in [-0.25, -0.2) is 17.0 Å². The Labute approximate surface area is 198 Å². The maximum Gasteiger partial charge on any atom is 0.268 e. The first kappa shape index (κ1) is 24.5. The number of rotatable bonds is 7. The molecule has 1 heterocycles. The summed E-state index contributed by atoms with van der Waals surface area (Å²) in [6.45, 7) is 8.63. The van der Waals surface area contributed by atoms with Crippen molar-refractivity contribution in [1.82, 2.24) is 3.97 Å². The third-order valence-electron chi connectivity index (χ3n) is 6.32. The van der Waals surface area contributed by atoms with Crippen LogP contribution in [0.25, 0.3) is 10.9 Å². The van der Waals surface area contributed by atoms with Gasteiger partial charge in [-0.15, -0.1) is 0 Å². The summed E-state index contributed by atoms with van der Waals surface area (Å²) in [5.41, 5.74) is 4.50. The van der Waals surface area contributed by atoms with Crippen LogP contribution in [0.15, 0.2) is 53.6 Å². The van der Waals surface area contributed by atoms with Crippen LogP contribution < -0.4 is 12.4 Å². The van der Waals surface area contributed by atoms with Crippen molar-refractivity contribution in [2.75, 3.05) is 13.1 Å². The van der Waals surface area contributed by atoms with E-state index in [2.05, 4.69) is 30.7 Å². The van der Waals surface area contributed by atoms with E-state index in [0.717, 1.165) is 61.7 Å². The second kappa shape index (κ2) is 10.2. The minimum absolute atomic E-state index is 0. The average molecular weight is 473 g/mol. The van der Waals surface area contributed by atoms with Crippen molar-refractivity contribution in [2.24, 2.45) is 5.92 Å². The Kier molecular flexibility index (Phi) is 7.84. The normalized spacial score (nSPS) is 15.8. The fraction of sp³-hybridized carbons (Fsp3) is 0.423. The third kappa shape index (κ3) is 4.79. The third-order valence-corrected chi connectivity index (χ3v) is 8.02. The zero-order valence-electron chi connectivity index (χ0n) is 19.2. The molecule has 2 aromatic carbocycles. The first-order valence-corrected chi connectivity index (χ1v) is 12.9. The van der Waals surface area contributed by atoms with Crippen LogP contribution in [0.5, 0.6) is 0 Å². The molecule has 32 heavy (non-hydrogen) atoms. The Bertz CT molecular complexity index is 1200. The molecule has 172 valence electrons. The van der Waals surface area contributed by atoms with Gasteiger partial charge < -0.3 is 12.4 Å². The number of hydrogen-bond acceptors (Lipinski definition) is 2. The smallest absolute Gasteiger partial charge is 0.268 e. The van der Waals surface area contributed by atoms with Crippen molar-refractivity contribution < 1.29 is 25.4 Å². The molecular formula is C26H33ClN2O2S. The second-order valence-corrected chi connectivity index (χ2v) is 10.6. The summed E-state index contributed by atoms with van der Waals surface area (Å²) in [4.78, 5) is 0.328. The molecule has 1 aromatic heterocycles. The fourth-order valence-electron chi connectivity index (χ4n) is 4.77. The summed E-state index contributed by atoms with van der Waals surface area (Å²) in [5, 5.41) is 1.07. The minimum Gasteiger partial charge on any atom is -1.00 e. The highest BCUT2D eigenvalue weighted by Gasteiger charge is 2.25. The number of fused-ring (bicyclic) bond motifs is 3. The predicted molar refractivity (Wildman–Crippen MR) is 128 cm³/mol. The molecular weight excluding hydrogens is 440 g/mol. The van der Waals surface area contributed by atoms with Gasteiger partial charge in [-0.3, -0.25) is 0 Å². The molecule has 0 spiro atoms. The highest BCUT2D eigenvalue weighted by Crippen LogP contribution is 2.33. The second-order valence-electron chi connectivity index (χ2n) is 8.75. The van der Waals surface area contributed by atoms with Crippen LogP contribution in [-0.4, -0.2) is 36.3 Å². The molecule has 0 bridgehead atoms. The summed E-state index contributed by atoms with van der Waals surface area (Å²) in [7, 11) is -3.61. The molecule has 0 saturated heterocycles. The van der Waals surface area contributed by atoms with Gasteiger partial charge in [0.2, 0.25) is 0 Å². The van der Waals surface area contributed by atoms with Crippen molar-refractivity contribution in [3.63, 3.8) is 0 Å². The van der Waals surface area contributed by atoms with Crippen molar-refractivity contribution in [3.05, 3.63) is 65.4 Å². The van der Waals surface area contributed by atoms with Gasteiger partial charge in [-0.2, -0.15) is 0 Å². The number of aromatic nitrogens is 1. The predicted octanol–water partition coefficient (Wildman–Crippen LogP) is 2.20. The molecule has 6 heteroatoms. The first-order valence-electron chi connectivity index (χ1n) is 11.5. The lowest BCUT2D eigenvalue weighted by molar-refractivity contribution is -0.525. The molecule has 4 rings (SSSR count). The number of hydrogen-bond donors (Lipinski definition) is 0. The lowest BCUT2D eigenvalue weighted by Crippen LogP contribution is -3.00. The monoisotopic (exact) mass is 472 g/mol. The number of aryl methyl sites for hydroxylation is 2. The van der Waals surface area contributed by atoms with E-state index in [-0.39, 0.29) is 12.4 Å². The highest BCUT2D eigenvalue weighted by molar-refractivity contribution is 7.90. The molecule has 1 aliphatic carbocycles. The van der Waals surface area contributed by atoms with Crippen LogP contribution in [0.3, 0.4) is 0 Å². The van der Waals surface area contributed by atoms with Crippen LogP contribution in [0.2, 0.25) is 0 Å². The molecule has 1 aliphatic rings. The van der Waals surface area contributed by atoms with Crippen molar-refractivity contribution in [3.8, 4) is 0 Å². The van der Waals surface area contributed by atoms with E-state index in [4.69, 9.17) is 0 Å². The lowest BCUT2D eigenvalue weighted by atomic mass is 9.83. The Balaban J connectivity index is 0.00000289. The zero-order chi connectivity index (χ0) is 22.0. The number of halogens is 1. The molecule has 4 nitrogen and oxygen atoms in total. The van der Waals surface area contributed by atoms with Gasteiger partial charge in [0.15, 0.2) is 0 Å². The van der Waals surface area contributed by atoms with E-state index in [9.17, 15) is 8.42 Å². The summed E-state index contributed by atoms with van der Waals surface area (Å²) >= 11 is 0. The van der Waals surface area contributed by atoms with Crippen LogP contribution in [0.1, 0.15) is 49.8 Å². The Hall–Kier alpha value is -2.11. The van der Waals surface area contributed by atoms with Crippen LogP contribution >= 0.6 is 0 Å². The van der Waals surface area contributed by atoms with Crippen molar-refractivity contribution in [2.45, 2.75) is 57.8 Å². The van der Waals surface area contributed by atoms with Gasteiger partial charge in [-0.05, 0) is 61.6 Å². The van der Waals surface area contributed by atoms with Crippen LogP contribution in [-0.2, 0) is 22.9 Å². The summed E-state index contributed by atoms with van der Waals surface area (Å²) < 4.78 is 30.5.